The summed E-state index contributed by atoms with van der Waals surface area (Å²) in [7, 11) is 0. The normalized spacial score (nSPS) is 11.0. The van der Waals surface area contributed by atoms with Gasteiger partial charge < -0.3 is 16.8 Å². The Hall–Kier alpha value is -3.48. The number of terminal acetylenes is 1. The zero-order chi connectivity index (χ0) is 22.4. The molecule has 7 nitrogen and oxygen atoms in total. The molecule has 1 amide bonds. The summed E-state index contributed by atoms with van der Waals surface area (Å²) in [5.41, 5.74) is 11.7. The van der Waals surface area contributed by atoms with Gasteiger partial charge in [0, 0.05) is 6.20 Å². The summed E-state index contributed by atoms with van der Waals surface area (Å²) in [5.74, 6) is -0.675. The highest BCUT2D eigenvalue weighted by Gasteiger charge is 2.29. The van der Waals surface area contributed by atoms with Crippen molar-refractivity contribution in [1.82, 2.24) is 19.9 Å². The summed E-state index contributed by atoms with van der Waals surface area (Å²) in [6, 6.07) is 0. The third-order valence-corrected chi connectivity index (χ3v) is 3.33. The molecular weight excluding hydrogens is 385 g/mol. The number of carbonyl (C=O) groups excluding carboxylic acids is 1. The van der Waals surface area contributed by atoms with Crippen molar-refractivity contribution in [3.8, 4) is 12.8 Å². The van der Waals surface area contributed by atoms with Gasteiger partial charge in [-0.25, -0.2) is 9.50 Å². The number of alkyl halides is 3. The van der Waals surface area contributed by atoms with E-state index in [1.807, 2.05) is 18.3 Å². The van der Waals surface area contributed by atoms with Crippen molar-refractivity contribution >= 4 is 17.2 Å². The number of allylic oxidation sites excluding steroid dienone is 3. The van der Waals surface area contributed by atoms with Crippen molar-refractivity contribution in [2.45, 2.75) is 32.9 Å². The maximum Gasteiger partial charge on any atom is 0.405 e. The summed E-state index contributed by atoms with van der Waals surface area (Å²) in [6.07, 6.45) is 14.4. The van der Waals surface area contributed by atoms with Crippen LogP contribution in [0.2, 0.25) is 0 Å². The van der Waals surface area contributed by atoms with Crippen molar-refractivity contribution in [3.63, 3.8) is 0 Å². The van der Waals surface area contributed by atoms with E-state index in [-0.39, 0.29) is 11.4 Å². The Morgan fingerprint density at radius 1 is 1.34 bits per heavy atom. The Balaban J connectivity index is 0.000000977. The second-order valence-corrected chi connectivity index (χ2v) is 5.37. The monoisotopic (exact) mass is 410 g/mol. The van der Waals surface area contributed by atoms with Crippen molar-refractivity contribution in [1.29, 1.82) is 0 Å². The fourth-order valence-electron chi connectivity index (χ4n) is 2.15. The number of aromatic nitrogens is 3. The number of carbonyl (C=O) groups is 1. The van der Waals surface area contributed by atoms with E-state index in [1.54, 1.807) is 25.3 Å². The van der Waals surface area contributed by atoms with Crippen LogP contribution in [0.4, 0.5) is 19.0 Å². The minimum atomic E-state index is -4.48. The lowest BCUT2D eigenvalue weighted by Gasteiger charge is -2.08. The highest BCUT2D eigenvalue weighted by atomic mass is 19.4. The summed E-state index contributed by atoms with van der Waals surface area (Å²) >= 11 is 0. The fourth-order valence-corrected chi connectivity index (χ4v) is 2.15. The van der Waals surface area contributed by atoms with Gasteiger partial charge in [0.05, 0.1) is 5.56 Å². The van der Waals surface area contributed by atoms with E-state index in [0.29, 0.717) is 17.5 Å². The lowest BCUT2D eigenvalue weighted by Crippen LogP contribution is -2.33. The van der Waals surface area contributed by atoms with Gasteiger partial charge in [0.2, 0.25) is 0 Å². The number of nitrogens with one attached hydrogen (secondary N) is 1. The predicted molar refractivity (Wildman–Crippen MR) is 108 cm³/mol. The van der Waals surface area contributed by atoms with Crippen LogP contribution in [0.1, 0.15) is 36.2 Å². The smallest absolute Gasteiger partial charge is 0.405 e. The van der Waals surface area contributed by atoms with Gasteiger partial charge in [-0.1, -0.05) is 25.2 Å². The molecule has 10 heteroatoms. The Bertz CT molecular complexity index is 853. The predicted octanol–water partition coefficient (Wildman–Crippen LogP) is 2.84. The van der Waals surface area contributed by atoms with Crippen LogP contribution in [-0.4, -0.2) is 33.2 Å². The number of hydrogen-bond donors (Lipinski definition) is 3. The van der Waals surface area contributed by atoms with Crippen LogP contribution in [0.5, 0.6) is 0 Å². The van der Waals surface area contributed by atoms with Gasteiger partial charge in [0.15, 0.2) is 5.82 Å². The van der Waals surface area contributed by atoms with Gasteiger partial charge in [0.25, 0.3) is 5.91 Å². The molecule has 2 aromatic rings. The second-order valence-electron chi connectivity index (χ2n) is 5.37. The molecule has 0 unspecified atom stereocenters. The molecule has 2 aromatic heterocycles. The molecule has 5 N–H and O–H groups in total. The van der Waals surface area contributed by atoms with E-state index in [4.69, 9.17) is 11.5 Å². The molecule has 0 fully saturated rings. The number of hydrogen-bond acceptors (Lipinski definition) is 5. The molecule has 0 bridgehead atoms. The molecule has 0 saturated heterocycles. The third kappa shape index (κ3) is 8.38. The molecule has 29 heavy (non-hydrogen) atoms. The lowest BCUT2D eigenvalue weighted by molar-refractivity contribution is -0.123. The van der Waals surface area contributed by atoms with Crippen molar-refractivity contribution in [3.05, 3.63) is 48.1 Å². The quantitative estimate of drug-likeness (QED) is 0.518. The fraction of sp³-hybridized carbons (Fsp3) is 0.316. The zero-order valence-electron chi connectivity index (χ0n) is 16.3. The van der Waals surface area contributed by atoms with Gasteiger partial charge in [-0.2, -0.15) is 18.3 Å². The first kappa shape index (κ1) is 25.5. The van der Waals surface area contributed by atoms with E-state index in [9.17, 15) is 18.0 Å². The Morgan fingerprint density at radius 2 is 2.00 bits per heavy atom. The van der Waals surface area contributed by atoms with Gasteiger partial charge >= 0.3 is 6.18 Å². The molecule has 0 aliphatic heterocycles. The summed E-state index contributed by atoms with van der Waals surface area (Å²) in [6.45, 7) is 2.44. The van der Waals surface area contributed by atoms with Crippen molar-refractivity contribution in [2.24, 2.45) is 5.73 Å². The van der Waals surface area contributed by atoms with Crippen LogP contribution in [0.15, 0.2) is 37.0 Å². The minimum absolute atomic E-state index is 0.0922. The number of fused-ring (bicyclic) bond motifs is 1. The standard InChI is InChI=1S/C13H14F3N5O.C4H9N.C2H2/c1-2-3-4-8-9(12(22)18-6-13(14,15)16)5-21-10(8)11(17)19-7-20-21;1-2-3-4-5;1-2/h2-3,5,7H,4,6H2,1H3,(H,18,22)(H2,17,19,20);3-4H,2,5H2,1H3;1-2H/b3-2-;4-3+;. The molecule has 0 aliphatic carbocycles. The maximum absolute atomic E-state index is 12.2. The number of halogens is 3. The van der Waals surface area contributed by atoms with E-state index >= 15 is 0 Å². The molecule has 2 rings (SSSR count). The van der Waals surface area contributed by atoms with Crippen molar-refractivity contribution < 1.29 is 18.0 Å². The number of amides is 1. The lowest BCUT2D eigenvalue weighted by atomic mass is 10.1. The molecule has 0 saturated carbocycles. The first-order chi connectivity index (χ1) is 13.7. The zero-order valence-corrected chi connectivity index (χ0v) is 16.3. The summed E-state index contributed by atoms with van der Waals surface area (Å²) in [4.78, 5) is 15.9. The molecule has 2 heterocycles. The van der Waals surface area contributed by atoms with Gasteiger partial charge in [-0.3, -0.25) is 4.79 Å². The van der Waals surface area contributed by atoms with Crippen LogP contribution in [0, 0.1) is 12.8 Å². The molecule has 0 aliphatic rings. The Labute approximate surface area is 167 Å². The second kappa shape index (κ2) is 12.8. The number of nitrogens with zero attached hydrogens (tertiary/aromatic N) is 3. The molecule has 0 spiro atoms. The molecule has 0 radical (unpaired) electrons. The third-order valence-electron chi connectivity index (χ3n) is 3.33. The summed E-state index contributed by atoms with van der Waals surface area (Å²) in [5, 5.41) is 5.77. The number of rotatable bonds is 5. The van der Waals surface area contributed by atoms with E-state index < -0.39 is 18.6 Å². The molecule has 158 valence electrons. The van der Waals surface area contributed by atoms with Crippen LogP contribution >= 0.6 is 0 Å². The van der Waals surface area contributed by atoms with Gasteiger partial charge in [-0.05, 0) is 31.5 Å². The van der Waals surface area contributed by atoms with E-state index in [0.717, 1.165) is 6.42 Å². The molecule has 0 aromatic carbocycles. The largest absolute Gasteiger partial charge is 0.405 e. The average molecular weight is 410 g/mol. The van der Waals surface area contributed by atoms with Crippen LogP contribution in [-0.2, 0) is 6.42 Å². The molecule has 0 atom stereocenters. The SMILES string of the molecule is C#C.C/C=C\Cc1c(C(=O)NCC(F)(F)F)cn2ncnc(N)c12.CC/C=C/N. The van der Waals surface area contributed by atoms with E-state index in [1.165, 1.54) is 17.0 Å². The van der Waals surface area contributed by atoms with Gasteiger partial charge in [0.1, 0.15) is 18.4 Å². The van der Waals surface area contributed by atoms with Crippen LogP contribution in [0.25, 0.3) is 5.52 Å². The number of nitrogen functional groups attached to an aromatic ring is 1. The highest BCUT2D eigenvalue weighted by molar-refractivity contribution is 5.99. The molecular formula is C19H25F3N6O. The average Bonchev–Trinajstić information content (AvgIpc) is 3.06. The van der Waals surface area contributed by atoms with Gasteiger partial charge in [-0.15, -0.1) is 12.8 Å². The first-order valence-corrected chi connectivity index (χ1v) is 8.52. The number of anilines is 1. The Morgan fingerprint density at radius 3 is 2.48 bits per heavy atom. The first-order valence-electron chi connectivity index (χ1n) is 8.52. The minimum Gasteiger partial charge on any atom is -0.405 e. The summed E-state index contributed by atoms with van der Waals surface area (Å²) < 4.78 is 38.0. The van der Waals surface area contributed by atoms with E-state index in [2.05, 4.69) is 22.9 Å². The highest BCUT2D eigenvalue weighted by Crippen LogP contribution is 2.23. The number of nitrogens with two attached hydrogens (primary N) is 2. The van der Waals surface area contributed by atoms with Crippen LogP contribution < -0.4 is 16.8 Å². The Kier molecular flexibility index (Phi) is 11.3. The van der Waals surface area contributed by atoms with Crippen LogP contribution in [0.3, 0.4) is 0 Å². The van der Waals surface area contributed by atoms with Crippen molar-refractivity contribution in [2.75, 3.05) is 12.3 Å². The maximum atomic E-state index is 12.2. The topological polar surface area (TPSA) is 111 Å².